The van der Waals surface area contributed by atoms with Crippen molar-refractivity contribution < 1.29 is 9.28 Å². The van der Waals surface area contributed by atoms with Crippen LogP contribution in [0.15, 0.2) is 0 Å². The van der Waals surface area contributed by atoms with Crippen molar-refractivity contribution in [2.45, 2.75) is 26.2 Å². The summed E-state index contributed by atoms with van der Waals surface area (Å²) in [6, 6.07) is 0. The molecule has 0 aromatic rings. The highest BCUT2D eigenvalue weighted by Gasteiger charge is 2.15. The molecule has 0 rings (SSSR count). The Bertz CT molecular complexity index is 161. The minimum absolute atomic E-state index is 0.259. The molecule has 0 aromatic carbocycles. The molecule has 0 fully saturated rings. The molecule has 0 saturated heterocycles. The summed E-state index contributed by atoms with van der Waals surface area (Å²) in [5.41, 5.74) is 0. The van der Waals surface area contributed by atoms with E-state index in [0.717, 1.165) is 24.0 Å². The Kier molecular flexibility index (Phi) is 4.99. The summed E-state index contributed by atoms with van der Waals surface area (Å²) in [7, 11) is 8.14. The molecule has 78 valence electrons. The predicted molar refractivity (Wildman–Crippen MR) is 55.2 cm³/mol. The minimum Gasteiger partial charge on any atom is -0.314 e. The van der Waals surface area contributed by atoms with Gasteiger partial charge < -0.3 is 4.48 Å². The molecule has 3 nitrogen and oxygen atoms in total. The third-order valence-electron chi connectivity index (χ3n) is 1.81. The molecule has 0 N–H and O–H groups in total. The van der Waals surface area contributed by atoms with Gasteiger partial charge in [0.1, 0.15) is 0 Å². The summed E-state index contributed by atoms with van der Waals surface area (Å²) < 4.78 is 0.800. The zero-order valence-electron chi connectivity index (χ0n) is 9.63. The second-order valence-electron chi connectivity index (χ2n) is 4.63. The topological polar surface area (TPSA) is 20.3 Å². The van der Waals surface area contributed by atoms with E-state index in [4.69, 9.17) is 0 Å². The van der Waals surface area contributed by atoms with Crippen molar-refractivity contribution in [2.24, 2.45) is 0 Å². The quantitative estimate of drug-likeness (QED) is 0.469. The van der Waals surface area contributed by atoms with Gasteiger partial charge in [-0.15, -0.1) is 0 Å². The number of carbonyl (C=O) groups excluding carboxylic acids is 1. The monoisotopic (exact) mass is 187 g/mol. The molecule has 0 saturated carbocycles. The molecular weight excluding hydrogens is 164 g/mol. The molecule has 0 atom stereocenters. The van der Waals surface area contributed by atoms with Gasteiger partial charge in [0.05, 0.1) is 21.1 Å². The van der Waals surface area contributed by atoms with E-state index in [9.17, 15) is 4.79 Å². The van der Waals surface area contributed by atoms with Crippen LogP contribution in [-0.2, 0) is 4.79 Å². The first kappa shape index (κ1) is 12.4. The third kappa shape index (κ3) is 6.58. The van der Waals surface area contributed by atoms with E-state index in [1.807, 2.05) is 11.9 Å². The van der Waals surface area contributed by atoms with Gasteiger partial charge in [0.15, 0.2) is 6.67 Å². The van der Waals surface area contributed by atoms with E-state index in [0.29, 0.717) is 6.42 Å². The van der Waals surface area contributed by atoms with Gasteiger partial charge in [-0.2, -0.15) is 0 Å². The second kappa shape index (κ2) is 5.22. The van der Waals surface area contributed by atoms with E-state index in [1.54, 1.807) is 0 Å². The fourth-order valence-electron chi connectivity index (χ4n) is 1.23. The van der Waals surface area contributed by atoms with Gasteiger partial charge in [0.25, 0.3) is 0 Å². The third-order valence-corrected chi connectivity index (χ3v) is 1.81. The summed E-state index contributed by atoms with van der Waals surface area (Å²) in [5, 5.41) is 0. The molecule has 3 heteroatoms. The lowest BCUT2D eigenvalue weighted by atomic mass is 10.2. The standard InChI is InChI=1S/C10H23N2O/c1-6-7-8-10(13)11(2)9-12(3,4)5/h6-9H2,1-5H3/q+1. The van der Waals surface area contributed by atoms with Gasteiger partial charge in [-0.1, -0.05) is 13.3 Å². The van der Waals surface area contributed by atoms with Gasteiger partial charge in [0.2, 0.25) is 5.91 Å². The van der Waals surface area contributed by atoms with Gasteiger partial charge in [-0.25, -0.2) is 0 Å². The lowest BCUT2D eigenvalue weighted by Crippen LogP contribution is -2.45. The van der Waals surface area contributed by atoms with Crippen LogP contribution in [0.25, 0.3) is 0 Å². The van der Waals surface area contributed by atoms with Crippen LogP contribution >= 0.6 is 0 Å². The van der Waals surface area contributed by atoms with Crippen LogP contribution in [0.3, 0.4) is 0 Å². The normalized spacial score (nSPS) is 11.5. The van der Waals surface area contributed by atoms with Crippen LogP contribution in [-0.4, -0.2) is 50.1 Å². The molecule has 0 heterocycles. The molecule has 0 aromatic heterocycles. The Hall–Kier alpha value is -0.570. The Balaban J connectivity index is 3.83. The van der Waals surface area contributed by atoms with Crippen molar-refractivity contribution >= 4 is 5.91 Å². The van der Waals surface area contributed by atoms with Crippen molar-refractivity contribution in [3.05, 3.63) is 0 Å². The lowest BCUT2D eigenvalue weighted by molar-refractivity contribution is -0.879. The fraction of sp³-hybridized carbons (Fsp3) is 0.900. The first-order valence-electron chi connectivity index (χ1n) is 4.91. The van der Waals surface area contributed by atoms with E-state index < -0.39 is 0 Å². The molecule has 0 unspecified atom stereocenters. The highest BCUT2D eigenvalue weighted by Crippen LogP contribution is 2.01. The van der Waals surface area contributed by atoms with Gasteiger partial charge >= 0.3 is 0 Å². The maximum absolute atomic E-state index is 11.5. The highest BCUT2D eigenvalue weighted by molar-refractivity contribution is 5.75. The van der Waals surface area contributed by atoms with E-state index in [2.05, 4.69) is 28.1 Å². The van der Waals surface area contributed by atoms with Crippen LogP contribution in [0, 0.1) is 0 Å². The molecule has 0 spiro atoms. The van der Waals surface area contributed by atoms with Crippen LogP contribution in [0.2, 0.25) is 0 Å². The number of quaternary nitrogens is 1. The van der Waals surface area contributed by atoms with Crippen molar-refractivity contribution in [1.29, 1.82) is 0 Å². The van der Waals surface area contributed by atoms with Crippen LogP contribution < -0.4 is 0 Å². The molecule has 0 aliphatic heterocycles. The van der Waals surface area contributed by atoms with Gasteiger partial charge in [-0.3, -0.25) is 9.69 Å². The number of rotatable bonds is 5. The first-order valence-corrected chi connectivity index (χ1v) is 4.91. The van der Waals surface area contributed by atoms with Crippen LogP contribution in [0.1, 0.15) is 26.2 Å². The Morgan fingerprint density at radius 3 is 2.23 bits per heavy atom. The summed E-state index contributed by atoms with van der Waals surface area (Å²) in [4.78, 5) is 13.3. The average molecular weight is 187 g/mol. The lowest BCUT2D eigenvalue weighted by Gasteiger charge is -2.29. The summed E-state index contributed by atoms with van der Waals surface area (Å²) in [5.74, 6) is 0.259. The van der Waals surface area contributed by atoms with Crippen molar-refractivity contribution in [1.82, 2.24) is 4.90 Å². The zero-order valence-corrected chi connectivity index (χ0v) is 9.63. The van der Waals surface area contributed by atoms with E-state index >= 15 is 0 Å². The number of hydrogen-bond acceptors (Lipinski definition) is 1. The number of amides is 1. The van der Waals surface area contributed by atoms with Gasteiger partial charge in [0, 0.05) is 13.5 Å². The molecule has 13 heavy (non-hydrogen) atoms. The minimum atomic E-state index is 0.259. The maximum atomic E-state index is 11.5. The molecule has 0 aliphatic rings. The predicted octanol–water partition coefficient (Wildman–Crippen LogP) is 1.30. The molecule has 0 radical (unpaired) electrons. The van der Waals surface area contributed by atoms with Crippen molar-refractivity contribution in [2.75, 3.05) is 34.9 Å². The summed E-state index contributed by atoms with van der Waals surface area (Å²) >= 11 is 0. The Morgan fingerprint density at radius 2 is 1.85 bits per heavy atom. The van der Waals surface area contributed by atoms with Crippen LogP contribution in [0.5, 0.6) is 0 Å². The van der Waals surface area contributed by atoms with E-state index in [1.165, 1.54) is 0 Å². The average Bonchev–Trinajstić information content (AvgIpc) is 1.96. The number of carbonyl (C=O) groups is 1. The maximum Gasteiger partial charge on any atom is 0.226 e. The molecular formula is C10H23N2O+. The van der Waals surface area contributed by atoms with E-state index in [-0.39, 0.29) is 5.91 Å². The Labute approximate surface area is 81.9 Å². The number of hydrogen-bond donors (Lipinski definition) is 0. The molecule has 0 aliphatic carbocycles. The second-order valence-corrected chi connectivity index (χ2v) is 4.63. The summed E-state index contributed by atoms with van der Waals surface area (Å²) in [6.45, 7) is 2.88. The fourth-order valence-corrected chi connectivity index (χ4v) is 1.23. The molecule has 1 amide bonds. The number of unbranched alkanes of at least 4 members (excludes halogenated alkanes) is 1. The van der Waals surface area contributed by atoms with Gasteiger partial charge in [-0.05, 0) is 6.42 Å². The van der Waals surface area contributed by atoms with Crippen molar-refractivity contribution in [3.63, 3.8) is 0 Å². The number of nitrogens with zero attached hydrogens (tertiary/aromatic N) is 2. The molecule has 0 bridgehead atoms. The largest absolute Gasteiger partial charge is 0.314 e. The zero-order chi connectivity index (χ0) is 10.5. The SMILES string of the molecule is CCCCC(=O)N(C)C[N+](C)(C)C. The summed E-state index contributed by atoms with van der Waals surface area (Å²) in [6.07, 6.45) is 2.78. The van der Waals surface area contributed by atoms with Crippen LogP contribution in [0.4, 0.5) is 0 Å². The Morgan fingerprint density at radius 1 is 1.31 bits per heavy atom. The smallest absolute Gasteiger partial charge is 0.226 e. The first-order chi connectivity index (χ1) is 5.87. The highest BCUT2D eigenvalue weighted by atomic mass is 16.2. The van der Waals surface area contributed by atoms with Crippen molar-refractivity contribution in [3.8, 4) is 0 Å².